The molecule has 1 rings (SSSR count). The van der Waals surface area contributed by atoms with Gasteiger partial charge in [0.2, 0.25) is 0 Å². The molecular weight excluding hydrogens is 136 g/mol. The molecule has 2 atom stereocenters. The fourth-order valence-electron chi connectivity index (χ4n) is 1.41. The molecule has 0 radical (unpaired) electrons. The fourth-order valence-corrected chi connectivity index (χ4v) is 1.41. The van der Waals surface area contributed by atoms with E-state index in [4.69, 9.17) is 0 Å². The second kappa shape index (κ2) is 4.73. The van der Waals surface area contributed by atoms with E-state index in [9.17, 15) is 0 Å². The minimum Gasteiger partial charge on any atom is -0.316 e. The van der Waals surface area contributed by atoms with Crippen molar-refractivity contribution in [3.05, 3.63) is 0 Å². The third kappa shape index (κ3) is 3.21. The summed E-state index contributed by atoms with van der Waals surface area (Å²) in [7, 11) is 0. The van der Waals surface area contributed by atoms with Gasteiger partial charge < -0.3 is 10.6 Å². The zero-order chi connectivity index (χ0) is 8.10. The van der Waals surface area contributed by atoms with Gasteiger partial charge >= 0.3 is 0 Å². The molecular formula is C9H20N2. The number of nitrogens with one attached hydrogen (secondary N) is 2. The van der Waals surface area contributed by atoms with E-state index in [0.29, 0.717) is 6.04 Å². The van der Waals surface area contributed by atoms with Crippen molar-refractivity contribution in [1.29, 1.82) is 0 Å². The van der Waals surface area contributed by atoms with E-state index in [1.54, 1.807) is 0 Å². The summed E-state index contributed by atoms with van der Waals surface area (Å²) in [5, 5.41) is 7.00. The third-order valence-corrected chi connectivity index (χ3v) is 2.57. The maximum absolute atomic E-state index is 3.53. The average molecular weight is 156 g/mol. The lowest BCUT2D eigenvalue weighted by Gasteiger charge is -2.19. The van der Waals surface area contributed by atoms with Gasteiger partial charge in [-0.15, -0.1) is 0 Å². The first-order valence-electron chi connectivity index (χ1n) is 4.75. The molecule has 1 aliphatic rings. The molecule has 66 valence electrons. The van der Waals surface area contributed by atoms with E-state index in [1.165, 1.54) is 25.9 Å². The Bertz CT molecular complexity index is 91.7. The Morgan fingerprint density at radius 1 is 1.09 bits per heavy atom. The molecule has 1 heterocycles. The quantitative estimate of drug-likeness (QED) is 0.546. The van der Waals surface area contributed by atoms with Gasteiger partial charge in [-0.05, 0) is 45.3 Å². The molecule has 0 aliphatic carbocycles. The van der Waals surface area contributed by atoms with Crippen LogP contribution in [-0.2, 0) is 0 Å². The van der Waals surface area contributed by atoms with Crippen molar-refractivity contribution >= 4 is 0 Å². The monoisotopic (exact) mass is 156 g/mol. The largest absolute Gasteiger partial charge is 0.316 e. The number of rotatable bonds is 0. The summed E-state index contributed by atoms with van der Waals surface area (Å²) in [6.45, 7) is 8.12. The van der Waals surface area contributed by atoms with Crippen molar-refractivity contribution in [3.8, 4) is 0 Å². The van der Waals surface area contributed by atoms with Crippen molar-refractivity contribution in [3.63, 3.8) is 0 Å². The van der Waals surface area contributed by atoms with Gasteiger partial charge in [0.15, 0.2) is 0 Å². The van der Waals surface area contributed by atoms with Crippen molar-refractivity contribution in [1.82, 2.24) is 10.6 Å². The number of hydrogen-bond donors (Lipinski definition) is 2. The van der Waals surface area contributed by atoms with Crippen LogP contribution in [0.1, 0.15) is 26.7 Å². The van der Waals surface area contributed by atoms with Crippen LogP contribution in [0, 0.1) is 5.92 Å². The lowest BCUT2D eigenvalue weighted by atomic mass is 10.0. The van der Waals surface area contributed by atoms with Crippen molar-refractivity contribution in [2.45, 2.75) is 32.7 Å². The second-order valence-corrected chi connectivity index (χ2v) is 3.63. The lowest BCUT2D eigenvalue weighted by Crippen LogP contribution is -2.36. The highest BCUT2D eigenvalue weighted by Crippen LogP contribution is 2.02. The minimum atomic E-state index is 0.667. The summed E-state index contributed by atoms with van der Waals surface area (Å²) in [5.74, 6) is 0.757. The maximum Gasteiger partial charge on any atom is 0.00764 e. The molecule has 0 spiro atoms. The number of hydrogen-bond acceptors (Lipinski definition) is 2. The highest BCUT2D eigenvalue weighted by atomic mass is 14.9. The first-order valence-corrected chi connectivity index (χ1v) is 4.75. The van der Waals surface area contributed by atoms with E-state index >= 15 is 0 Å². The summed E-state index contributed by atoms with van der Waals surface area (Å²) in [5.41, 5.74) is 0. The zero-order valence-corrected chi connectivity index (χ0v) is 7.69. The smallest absolute Gasteiger partial charge is 0.00764 e. The van der Waals surface area contributed by atoms with Gasteiger partial charge in [-0.2, -0.15) is 0 Å². The Hall–Kier alpha value is -0.0800. The summed E-state index contributed by atoms with van der Waals surface area (Å²) < 4.78 is 0. The predicted octanol–water partition coefficient (Wildman–Crippen LogP) is 0.984. The van der Waals surface area contributed by atoms with Gasteiger partial charge in [0.05, 0.1) is 0 Å². The van der Waals surface area contributed by atoms with Crippen LogP contribution in [0.3, 0.4) is 0 Å². The first-order chi connectivity index (χ1) is 5.30. The molecule has 0 aromatic rings. The van der Waals surface area contributed by atoms with Gasteiger partial charge in [-0.1, -0.05) is 6.92 Å². The van der Waals surface area contributed by atoms with Gasteiger partial charge in [0.1, 0.15) is 0 Å². The van der Waals surface area contributed by atoms with Crippen LogP contribution in [0.25, 0.3) is 0 Å². The average Bonchev–Trinajstić information content (AvgIpc) is 2.07. The molecule has 0 bridgehead atoms. The Morgan fingerprint density at radius 2 is 1.82 bits per heavy atom. The summed E-state index contributed by atoms with van der Waals surface area (Å²) in [4.78, 5) is 0. The Labute approximate surface area is 69.8 Å². The standard InChI is InChI=1S/C9H20N2/c1-8-7-10-5-3-4-6-11-9(8)2/h8-11H,3-7H2,1-2H3. The summed E-state index contributed by atoms with van der Waals surface area (Å²) in [6.07, 6.45) is 2.62. The second-order valence-electron chi connectivity index (χ2n) is 3.63. The molecule has 2 heteroatoms. The Kier molecular flexibility index (Phi) is 3.87. The van der Waals surface area contributed by atoms with E-state index in [2.05, 4.69) is 24.5 Å². The molecule has 2 unspecified atom stereocenters. The predicted molar refractivity (Wildman–Crippen MR) is 48.7 cm³/mol. The zero-order valence-electron chi connectivity index (χ0n) is 7.69. The van der Waals surface area contributed by atoms with Crippen molar-refractivity contribution < 1.29 is 0 Å². The Morgan fingerprint density at radius 3 is 2.64 bits per heavy atom. The summed E-state index contributed by atoms with van der Waals surface area (Å²) in [6, 6.07) is 0.667. The van der Waals surface area contributed by atoms with Crippen LogP contribution in [-0.4, -0.2) is 25.7 Å². The highest BCUT2D eigenvalue weighted by Gasteiger charge is 2.11. The topological polar surface area (TPSA) is 24.1 Å². The molecule has 1 aliphatic heterocycles. The Balaban J connectivity index is 2.29. The van der Waals surface area contributed by atoms with E-state index in [0.717, 1.165) is 12.5 Å². The molecule has 1 saturated heterocycles. The molecule has 0 saturated carbocycles. The minimum absolute atomic E-state index is 0.667. The van der Waals surface area contributed by atoms with Crippen LogP contribution in [0.4, 0.5) is 0 Å². The molecule has 0 aromatic carbocycles. The molecule has 11 heavy (non-hydrogen) atoms. The highest BCUT2D eigenvalue weighted by molar-refractivity contribution is 4.72. The van der Waals surface area contributed by atoms with Gasteiger partial charge in [0.25, 0.3) is 0 Å². The van der Waals surface area contributed by atoms with E-state index in [-0.39, 0.29) is 0 Å². The SMILES string of the molecule is CC1CNCCCCNC1C. The van der Waals surface area contributed by atoms with E-state index < -0.39 is 0 Å². The van der Waals surface area contributed by atoms with Gasteiger partial charge in [0, 0.05) is 6.04 Å². The van der Waals surface area contributed by atoms with Gasteiger partial charge in [-0.25, -0.2) is 0 Å². The van der Waals surface area contributed by atoms with Crippen LogP contribution in [0.2, 0.25) is 0 Å². The van der Waals surface area contributed by atoms with Crippen LogP contribution in [0.15, 0.2) is 0 Å². The first kappa shape index (κ1) is 9.01. The lowest BCUT2D eigenvalue weighted by molar-refractivity contribution is 0.397. The van der Waals surface area contributed by atoms with Crippen molar-refractivity contribution in [2.24, 2.45) is 5.92 Å². The molecule has 1 fully saturated rings. The fraction of sp³-hybridized carbons (Fsp3) is 1.00. The molecule has 0 amide bonds. The van der Waals surface area contributed by atoms with Crippen LogP contribution >= 0.6 is 0 Å². The molecule has 2 N–H and O–H groups in total. The van der Waals surface area contributed by atoms with Gasteiger partial charge in [-0.3, -0.25) is 0 Å². The third-order valence-electron chi connectivity index (χ3n) is 2.57. The normalized spacial score (nSPS) is 35.5. The molecule has 0 aromatic heterocycles. The summed E-state index contributed by atoms with van der Waals surface area (Å²) >= 11 is 0. The van der Waals surface area contributed by atoms with Crippen LogP contribution in [0.5, 0.6) is 0 Å². The van der Waals surface area contributed by atoms with Crippen molar-refractivity contribution in [2.75, 3.05) is 19.6 Å². The van der Waals surface area contributed by atoms with E-state index in [1.807, 2.05) is 0 Å². The van der Waals surface area contributed by atoms with Crippen LogP contribution < -0.4 is 10.6 Å². The molecule has 2 nitrogen and oxygen atoms in total. The maximum atomic E-state index is 3.53.